The third-order valence-corrected chi connectivity index (χ3v) is 6.44. The molecule has 3 heterocycles. The second-order valence-corrected chi connectivity index (χ2v) is 7.72. The summed E-state index contributed by atoms with van der Waals surface area (Å²) in [7, 11) is 0. The molecule has 0 bridgehead atoms. The van der Waals surface area contributed by atoms with Gasteiger partial charge >= 0.3 is 0 Å². The van der Waals surface area contributed by atoms with E-state index in [1.807, 2.05) is 12.3 Å². The van der Waals surface area contributed by atoms with E-state index < -0.39 is 0 Å². The molecule has 1 spiro atoms. The zero-order chi connectivity index (χ0) is 16.2. The minimum Gasteiger partial charge on any atom is -0.377 e. The fraction of sp³-hybridized carbons (Fsp3) is 0.750. The number of pyridine rings is 1. The fourth-order valence-electron chi connectivity index (χ4n) is 4.66. The molecule has 4 heteroatoms. The van der Waals surface area contributed by atoms with E-state index in [4.69, 9.17) is 9.47 Å². The van der Waals surface area contributed by atoms with Crippen LogP contribution < -0.4 is 0 Å². The maximum Gasteiger partial charge on any atom is 0.0736 e. The zero-order valence-corrected chi connectivity index (χ0v) is 14.7. The van der Waals surface area contributed by atoms with E-state index >= 15 is 0 Å². The van der Waals surface area contributed by atoms with Crippen LogP contribution in [0.15, 0.2) is 24.5 Å². The second kappa shape index (κ2) is 7.51. The van der Waals surface area contributed by atoms with Crippen LogP contribution in [0.4, 0.5) is 0 Å². The van der Waals surface area contributed by atoms with Gasteiger partial charge in [-0.15, -0.1) is 0 Å². The van der Waals surface area contributed by atoms with Gasteiger partial charge in [-0.25, -0.2) is 0 Å². The van der Waals surface area contributed by atoms with Crippen molar-refractivity contribution in [1.82, 2.24) is 9.88 Å². The Morgan fingerprint density at radius 3 is 2.83 bits per heavy atom. The number of piperidine rings is 1. The molecule has 24 heavy (non-hydrogen) atoms. The van der Waals surface area contributed by atoms with Crippen LogP contribution in [0.3, 0.4) is 0 Å². The van der Waals surface area contributed by atoms with E-state index in [1.165, 1.54) is 51.6 Å². The molecule has 132 valence electrons. The summed E-state index contributed by atoms with van der Waals surface area (Å²) < 4.78 is 12.2. The molecule has 0 amide bonds. The third kappa shape index (κ3) is 3.51. The molecule has 2 aliphatic heterocycles. The monoisotopic (exact) mass is 330 g/mol. The van der Waals surface area contributed by atoms with Crippen LogP contribution in [0.1, 0.15) is 50.5 Å². The van der Waals surface area contributed by atoms with Crippen LogP contribution in [0.5, 0.6) is 0 Å². The highest BCUT2D eigenvalue weighted by atomic mass is 16.5. The Hall–Kier alpha value is -0.970. The maximum atomic E-state index is 6.30. The highest BCUT2D eigenvalue weighted by Crippen LogP contribution is 2.43. The minimum atomic E-state index is 0.151. The number of hydrogen-bond donors (Lipinski definition) is 0. The summed E-state index contributed by atoms with van der Waals surface area (Å²) in [6.45, 7) is 4.91. The summed E-state index contributed by atoms with van der Waals surface area (Å²) >= 11 is 0. The highest BCUT2D eigenvalue weighted by molar-refractivity contribution is 5.06. The number of rotatable bonds is 6. The molecule has 1 aliphatic carbocycles. The smallest absolute Gasteiger partial charge is 0.0736 e. The number of hydrogen-bond acceptors (Lipinski definition) is 4. The minimum absolute atomic E-state index is 0.151. The summed E-state index contributed by atoms with van der Waals surface area (Å²) in [5, 5.41) is 0. The van der Waals surface area contributed by atoms with Crippen LogP contribution >= 0.6 is 0 Å². The summed E-state index contributed by atoms with van der Waals surface area (Å²) in [4.78, 5) is 6.85. The van der Waals surface area contributed by atoms with Crippen molar-refractivity contribution >= 4 is 0 Å². The van der Waals surface area contributed by atoms with Gasteiger partial charge in [0.05, 0.1) is 12.2 Å². The Bertz CT molecular complexity index is 510. The van der Waals surface area contributed by atoms with Crippen molar-refractivity contribution in [1.29, 1.82) is 0 Å². The Labute approximate surface area is 145 Å². The van der Waals surface area contributed by atoms with Crippen molar-refractivity contribution in [2.45, 2.75) is 63.2 Å². The largest absolute Gasteiger partial charge is 0.377 e. The first-order valence-electron chi connectivity index (χ1n) is 9.70. The van der Waals surface area contributed by atoms with E-state index in [0.29, 0.717) is 12.5 Å². The van der Waals surface area contributed by atoms with Gasteiger partial charge in [-0.1, -0.05) is 12.5 Å². The Morgan fingerprint density at radius 2 is 2.12 bits per heavy atom. The van der Waals surface area contributed by atoms with Gasteiger partial charge in [0.15, 0.2) is 0 Å². The Kier molecular flexibility index (Phi) is 5.16. The van der Waals surface area contributed by atoms with E-state index in [9.17, 15) is 0 Å². The lowest BCUT2D eigenvalue weighted by Crippen LogP contribution is -2.52. The Balaban J connectivity index is 1.23. The van der Waals surface area contributed by atoms with E-state index in [-0.39, 0.29) is 5.60 Å². The number of ether oxygens (including phenoxy) is 2. The highest BCUT2D eigenvalue weighted by Gasteiger charge is 2.46. The molecule has 1 atom stereocenters. The van der Waals surface area contributed by atoms with Crippen molar-refractivity contribution in [3.05, 3.63) is 30.1 Å². The topological polar surface area (TPSA) is 34.6 Å². The van der Waals surface area contributed by atoms with E-state index in [1.54, 1.807) is 6.20 Å². The van der Waals surface area contributed by atoms with Crippen LogP contribution in [0, 0.1) is 5.92 Å². The molecular weight excluding hydrogens is 300 g/mol. The van der Waals surface area contributed by atoms with Gasteiger partial charge < -0.3 is 14.4 Å². The van der Waals surface area contributed by atoms with Crippen LogP contribution in [0.2, 0.25) is 0 Å². The van der Waals surface area contributed by atoms with Crippen molar-refractivity contribution in [2.75, 3.05) is 26.3 Å². The van der Waals surface area contributed by atoms with Gasteiger partial charge in [-0.05, 0) is 56.1 Å². The lowest BCUT2D eigenvalue weighted by molar-refractivity contribution is -0.0828. The molecule has 4 rings (SSSR count). The summed E-state index contributed by atoms with van der Waals surface area (Å²) in [5.41, 5.74) is 1.31. The fourth-order valence-corrected chi connectivity index (χ4v) is 4.66. The van der Waals surface area contributed by atoms with Gasteiger partial charge in [-0.2, -0.15) is 0 Å². The summed E-state index contributed by atoms with van der Waals surface area (Å²) in [5.74, 6) is 0.676. The van der Waals surface area contributed by atoms with Crippen molar-refractivity contribution < 1.29 is 9.47 Å². The lowest BCUT2D eigenvalue weighted by Gasteiger charge is -2.47. The van der Waals surface area contributed by atoms with E-state index in [0.717, 1.165) is 31.2 Å². The molecule has 3 aliphatic rings. The number of likely N-dealkylation sites (tertiary alicyclic amines) is 1. The average Bonchev–Trinajstić information content (AvgIpc) is 2.96. The van der Waals surface area contributed by atoms with Gasteiger partial charge in [0, 0.05) is 44.7 Å². The molecular formula is C20H30N2O2. The molecule has 0 unspecified atom stereocenters. The molecule has 0 N–H and O–H groups in total. The Morgan fingerprint density at radius 1 is 1.25 bits per heavy atom. The predicted octanol–water partition coefficient (Wildman–Crippen LogP) is 3.41. The van der Waals surface area contributed by atoms with Crippen LogP contribution in [-0.2, 0) is 16.1 Å². The lowest BCUT2D eigenvalue weighted by atomic mass is 9.77. The maximum absolute atomic E-state index is 6.30. The second-order valence-electron chi connectivity index (χ2n) is 7.72. The van der Waals surface area contributed by atoms with Crippen molar-refractivity contribution in [3.63, 3.8) is 0 Å². The quantitative estimate of drug-likeness (QED) is 0.749. The van der Waals surface area contributed by atoms with Crippen molar-refractivity contribution in [2.24, 2.45) is 5.92 Å². The zero-order valence-electron chi connectivity index (χ0n) is 14.7. The van der Waals surface area contributed by atoms with Crippen molar-refractivity contribution in [3.8, 4) is 0 Å². The van der Waals surface area contributed by atoms with Gasteiger partial charge in [0.2, 0.25) is 0 Å². The van der Waals surface area contributed by atoms with Gasteiger partial charge in [0.25, 0.3) is 0 Å². The summed E-state index contributed by atoms with van der Waals surface area (Å²) in [6.07, 6.45) is 12.7. The molecule has 2 saturated heterocycles. The number of nitrogens with zero attached hydrogens (tertiary/aromatic N) is 2. The first-order valence-corrected chi connectivity index (χ1v) is 9.70. The molecule has 4 nitrogen and oxygen atoms in total. The molecule has 0 aromatic carbocycles. The third-order valence-electron chi connectivity index (χ3n) is 6.44. The van der Waals surface area contributed by atoms with E-state index in [2.05, 4.69) is 16.0 Å². The first-order chi connectivity index (χ1) is 11.9. The van der Waals surface area contributed by atoms with Gasteiger partial charge in [-0.3, -0.25) is 4.98 Å². The molecule has 1 saturated carbocycles. The predicted molar refractivity (Wildman–Crippen MR) is 93.7 cm³/mol. The molecule has 3 fully saturated rings. The standard InChI is InChI=1S/C20H30N2O2/c1-4-19(5-1)22-11-8-20(9-12-22)18(7-14-24-20)6-13-23-16-17-3-2-10-21-15-17/h2-3,10,15,18-19H,1,4-9,11-14,16H2/t18-/m1/s1. The normalized spacial score (nSPS) is 27.4. The molecule has 1 aromatic heterocycles. The number of aromatic nitrogens is 1. The first kappa shape index (κ1) is 16.5. The van der Waals surface area contributed by atoms with Gasteiger partial charge in [0.1, 0.15) is 0 Å². The van der Waals surface area contributed by atoms with Crippen LogP contribution in [-0.4, -0.2) is 47.8 Å². The molecule has 0 radical (unpaired) electrons. The average molecular weight is 330 g/mol. The summed E-state index contributed by atoms with van der Waals surface area (Å²) in [6, 6.07) is 4.92. The van der Waals surface area contributed by atoms with Crippen LogP contribution in [0.25, 0.3) is 0 Å². The molecule has 1 aromatic rings. The SMILES string of the molecule is c1cncc(COCC[C@@H]2CCOC23CCN(C2CCC2)CC3)c1.